The Labute approximate surface area is 177 Å². The van der Waals surface area contributed by atoms with E-state index in [0.29, 0.717) is 11.8 Å². The van der Waals surface area contributed by atoms with Gasteiger partial charge >= 0.3 is 0 Å². The van der Waals surface area contributed by atoms with Gasteiger partial charge in [0.15, 0.2) is 6.29 Å². The SMILES string of the molecule is CC.CC(P)c1ccc(C=O)cc1.CCCC(CC)OC(CC(C)(C)C)OC. The standard InChI is InChI=1S/C13H28O2.C9H11OP.C2H6/c1-7-9-11(8-2)15-12(14-6)10-13(3,4)5;1-7(11)9-4-2-8(6-10)3-5-9;1-2/h11-12H,7-10H2,1-6H3;2-7H,11H2,1H3;1-2H3. The Kier molecular flexibility index (Phi) is 18.0. The molecule has 1 aromatic rings. The summed E-state index contributed by atoms with van der Waals surface area (Å²) in [5.41, 5.74) is 2.68. The molecule has 1 rings (SSSR count). The number of rotatable bonds is 9. The summed E-state index contributed by atoms with van der Waals surface area (Å²) in [5, 5.41) is 0. The molecule has 0 radical (unpaired) electrons. The van der Waals surface area contributed by atoms with Crippen molar-refractivity contribution in [2.45, 2.75) is 99.1 Å². The zero-order valence-electron chi connectivity index (χ0n) is 19.7. The molecule has 0 heterocycles. The second kappa shape index (κ2) is 17.1. The van der Waals surface area contributed by atoms with Crippen molar-refractivity contribution in [2.24, 2.45) is 5.41 Å². The maximum absolute atomic E-state index is 10.3. The summed E-state index contributed by atoms with van der Waals surface area (Å²) in [5.74, 6) is 0. The smallest absolute Gasteiger partial charge is 0.158 e. The Bertz CT molecular complexity index is 478. The minimum atomic E-state index is -0.0542. The number of carbonyl (C=O) groups is 1. The van der Waals surface area contributed by atoms with Gasteiger partial charge in [0.1, 0.15) is 6.29 Å². The van der Waals surface area contributed by atoms with Crippen LogP contribution >= 0.6 is 9.24 Å². The van der Waals surface area contributed by atoms with E-state index in [0.717, 1.165) is 31.1 Å². The van der Waals surface area contributed by atoms with Crippen molar-refractivity contribution >= 4 is 15.5 Å². The summed E-state index contributed by atoms with van der Waals surface area (Å²) in [4.78, 5) is 10.3. The van der Waals surface area contributed by atoms with Crippen LogP contribution in [0.15, 0.2) is 24.3 Å². The van der Waals surface area contributed by atoms with Crippen LogP contribution in [0, 0.1) is 5.41 Å². The maximum Gasteiger partial charge on any atom is 0.158 e. The zero-order valence-corrected chi connectivity index (χ0v) is 20.9. The average Bonchev–Trinajstić information content (AvgIpc) is 2.68. The van der Waals surface area contributed by atoms with Gasteiger partial charge < -0.3 is 9.47 Å². The average molecular weight is 413 g/mol. The van der Waals surface area contributed by atoms with Crippen molar-refractivity contribution in [2.75, 3.05) is 7.11 Å². The van der Waals surface area contributed by atoms with Crippen molar-refractivity contribution in [3.63, 3.8) is 0 Å². The molecule has 28 heavy (non-hydrogen) atoms. The van der Waals surface area contributed by atoms with E-state index in [2.05, 4.69) is 50.8 Å². The lowest BCUT2D eigenvalue weighted by Gasteiger charge is -2.28. The second-order valence-electron chi connectivity index (χ2n) is 7.96. The van der Waals surface area contributed by atoms with Crippen LogP contribution in [0.2, 0.25) is 0 Å². The van der Waals surface area contributed by atoms with Gasteiger partial charge in [-0.1, -0.05) is 86.1 Å². The topological polar surface area (TPSA) is 35.5 Å². The Morgan fingerprint density at radius 3 is 1.96 bits per heavy atom. The molecule has 0 N–H and O–H groups in total. The highest BCUT2D eigenvalue weighted by molar-refractivity contribution is 7.17. The molecule has 4 atom stereocenters. The number of ether oxygens (including phenoxy) is 2. The van der Waals surface area contributed by atoms with Crippen LogP contribution in [0.25, 0.3) is 0 Å². The van der Waals surface area contributed by atoms with Crippen molar-refractivity contribution in [1.82, 2.24) is 0 Å². The van der Waals surface area contributed by atoms with Crippen molar-refractivity contribution in [1.29, 1.82) is 0 Å². The van der Waals surface area contributed by atoms with Crippen LogP contribution in [0.1, 0.15) is 103 Å². The van der Waals surface area contributed by atoms with Crippen LogP contribution in [-0.4, -0.2) is 25.8 Å². The minimum Gasteiger partial charge on any atom is -0.356 e. The Morgan fingerprint density at radius 1 is 1.11 bits per heavy atom. The molecule has 4 heteroatoms. The summed E-state index contributed by atoms with van der Waals surface area (Å²) in [6.45, 7) is 17.1. The Morgan fingerprint density at radius 2 is 1.64 bits per heavy atom. The molecule has 0 aliphatic rings. The summed E-state index contributed by atoms with van der Waals surface area (Å²) >= 11 is 0. The summed E-state index contributed by atoms with van der Waals surface area (Å²) < 4.78 is 11.3. The van der Waals surface area contributed by atoms with Crippen molar-refractivity contribution in [3.05, 3.63) is 35.4 Å². The number of aldehydes is 1. The lowest BCUT2D eigenvalue weighted by molar-refractivity contribution is -0.171. The third-order valence-electron chi connectivity index (χ3n) is 4.05. The van der Waals surface area contributed by atoms with Gasteiger partial charge in [-0.25, -0.2) is 0 Å². The number of methoxy groups -OCH3 is 1. The van der Waals surface area contributed by atoms with E-state index < -0.39 is 0 Å². The molecular formula is C24H45O3P. The van der Waals surface area contributed by atoms with Gasteiger partial charge in [0.25, 0.3) is 0 Å². The first-order chi connectivity index (χ1) is 13.2. The number of carbonyl (C=O) groups excluding carboxylic acids is 1. The highest BCUT2D eigenvalue weighted by atomic mass is 31.0. The van der Waals surface area contributed by atoms with E-state index in [1.54, 1.807) is 7.11 Å². The first kappa shape index (κ1) is 29.4. The lowest BCUT2D eigenvalue weighted by Crippen LogP contribution is -2.27. The molecular weight excluding hydrogens is 367 g/mol. The van der Waals surface area contributed by atoms with Crippen LogP contribution in [0.4, 0.5) is 0 Å². The van der Waals surface area contributed by atoms with Gasteiger partial charge in [-0.3, -0.25) is 4.79 Å². The molecule has 0 saturated heterocycles. The third kappa shape index (κ3) is 15.2. The van der Waals surface area contributed by atoms with Crippen LogP contribution < -0.4 is 0 Å². The molecule has 0 aliphatic carbocycles. The number of hydrogen-bond donors (Lipinski definition) is 0. The van der Waals surface area contributed by atoms with Gasteiger partial charge in [-0.15, -0.1) is 9.24 Å². The quantitative estimate of drug-likeness (QED) is 0.240. The molecule has 0 saturated carbocycles. The van der Waals surface area contributed by atoms with Gasteiger partial charge in [-0.2, -0.15) is 0 Å². The van der Waals surface area contributed by atoms with Gasteiger partial charge in [0.2, 0.25) is 0 Å². The largest absolute Gasteiger partial charge is 0.356 e. The van der Waals surface area contributed by atoms with Crippen LogP contribution in [0.5, 0.6) is 0 Å². The molecule has 0 bridgehead atoms. The molecule has 4 unspecified atom stereocenters. The Balaban J connectivity index is 0. The molecule has 1 aromatic carbocycles. The van der Waals surface area contributed by atoms with Crippen molar-refractivity contribution < 1.29 is 14.3 Å². The van der Waals surface area contributed by atoms with E-state index in [9.17, 15) is 4.79 Å². The predicted octanol–water partition coefficient (Wildman–Crippen LogP) is 7.45. The van der Waals surface area contributed by atoms with Crippen molar-refractivity contribution in [3.8, 4) is 0 Å². The highest BCUT2D eigenvalue weighted by Crippen LogP contribution is 2.24. The first-order valence-electron chi connectivity index (χ1n) is 10.7. The van der Waals surface area contributed by atoms with Gasteiger partial charge in [0.05, 0.1) is 6.10 Å². The molecule has 0 aliphatic heterocycles. The molecule has 0 spiro atoms. The monoisotopic (exact) mass is 412 g/mol. The van der Waals surface area contributed by atoms with Gasteiger partial charge in [-0.05, 0) is 29.5 Å². The van der Waals surface area contributed by atoms with Gasteiger partial charge in [0, 0.05) is 19.1 Å². The van der Waals surface area contributed by atoms with E-state index in [4.69, 9.17) is 9.47 Å². The summed E-state index contributed by atoms with van der Waals surface area (Å²) in [7, 11) is 4.45. The van der Waals surface area contributed by atoms with E-state index in [1.807, 2.05) is 38.1 Å². The van der Waals surface area contributed by atoms with E-state index in [-0.39, 0.29) is 11.7 Å². The lowest BCUT2D eigenvalue weighted by atomic mass is 9.92. The van der Waals surface area contributed by atoms with Crippen LogP contribution in [-0.2, 0) is 9.47 Å². The minimum absolute atomic E-state index is 0.0542. The summed E-state index contributed by atoms with van der Waals surface area (Å²) in [6.07, 6.45) is 5.47. The number of hydrogen-bond acceptors (Lipinski definition) is 3. The molecule has 0 aromatic heterocycles. The zero-order chi connectivity index (χ0) is 22.2. The fraction of sp³-hybridized carbons (Fsp3) is 0.708. The molecule has 3 nitrogen and oxygen atoms in total. The normalized spacial score (nSPS) is 13.9. The molecule has 0 fully saturated rings. The second-order valence-corrected chi connectivity index (χ2v) is 8.96. The fourth-order valence-electron chi connectivity index (χ4n) is 2.47. The predicted molar refractivity (Wildman–Crippen MR) is 126 cm³/mol. The number of benzene rings is 1. The first-order valence-corrected chi connectivity index (χ1v) is 11.3. The Hall–Kier alpha value is -0.760. The third-order valence-corrected chi connectivity index (χ3v) is 4.44. The van der Waals surface area contributed by atoms with E-state index >= 15 is 0 Å². The maximum atomic E-state index is 10.3. The van der Waals surface area contributed by atoms with E-state index in [1.165, 1.54) is 12.0 Å². The van der Waals surface area contributed by atoms with Crippen LogP contribution in [0.3, 0.4) is 0 Å². The summed E-state index contributed by atoms with van der Waals surface area (Å²) in [6, 6.07) is 7.62. The molecule has 164 valence electrons. The highest BCUT2D eigenvalue weighted by Gasteiger charge is 2.21. The molecule has 0 amide bonds. The fourth-order valence-corrected chi connectivity index (χ4v) is 2.69.